The molecule has 7 nitrogen and oxygen atoms in total. The van der Waals surface area contributed by atoms with Crippen molar-refractivity contribution in [3.8, 4) is 6.07 Å². The summed E-state index contributed by atoms with van der Waals surface area (Å²) in [6.07, 6.45) is 0. The number of hydrogen-bond donors (Lipinski definition) is 2. The lowest BCUT2D eigenvalue weighted by Gasteiger charge is -2.05. The first kappa shape index (κ1) is 13.6. The van der Waals surface area contributed by atoms with E-state index in [0.717, 1.165) is 0 Å². The summed E-state index contributed by atoms with van der Waals surface area (Å²) in [4.78, 5) is 12.0. The fraction of sp³-hybridized carbons (Fsp3) is 0.154. The fourth-order valence-electron chi connectivity index (χ4n) is 1.58. The van der Waals surface area contributed by atoms with Crippen LogP contribution in [0.1, 0.15) is 21.8 Å². The van der Waals surface area contributed by atoms with Gasteiger partial charge in [-0.05, 0) is 18.2 Å². The highest BCUT2D eigenvalue weighted by atomic mass is 16.5. The highest BCUT2D eigenvalue weighted by Crippen LogP contribution is 2.18. The van der Waals surface area contributed by atoms with E-state index in [4.69, 9.17) is 20.3 Å². The van der Waals surface area contributed by atoms with Gasteiger partial charge in [0.2, 0.25) is 0 Å². The number of nitrogens with zero attached hydrogens (tertiary/aromatic N) is 2. The van der Waals surface area contributed by atoms with Crippen LogP contribution >= 0.6 is 0 Å². The SMILES string of the molecule is COCc1cc(C(=O)Nc2ccc(N)cc2C#N)no1. The molecule has 7 heteroatoms. The Labute approximate surface area is 114 Å². The van der Waals surface area contributed by atoms with E-state index in [-0.39, 0.29) is 17.9 Å². The summed E-state index contributed by atoms with van der Waals surface area (Å²) in [5.74, 6) is -0.0344. The molecule has 2 aromatic rings. The molecule has 20 heavy (non-hydrogen) atoms. The summed E-state index contributed by atoms with van der Waals surface area (Å²) < 4.78 is 9.79. The van der Waals surface area contributed by atoms with Gasteiger partial charge in [0.25, 0.3) is 5.91 Å². The van der Waals surface area contributed by atoms with Gasteiger partial charge in [0, 0.05) is 18.9 Å². The van der Waals surface area contributed by atoms with Crippen molar-refractivity contribution in [2.45, 2.75) is 6.61 Å². The van der Waals surface area contributed by atoms with Gasteiger partial charge in [0.05, 0.1) is 11.3 Å². The van der Waals surface area contributed by atoms with Crippen molar-refractivity contribution in [2.75, 3.05) is 18.2 Å². The van der Waals surface area contributed by atoms with E-state index in [1.165, 1.54) is 19.2 Å². The second-order valence-corrected chi connectivity index (χ2v) is 3.98. The zero-order valence-electron chi connectivity index (χ0n) is 10.7. The van der Waals surface area contributed by atoms with Crippen molar-refractivity contribution in [3.05, 3.63) is 41.3 Å². The molecule has 102 valence electrons. The van der Waals surface area contributed by atoms with Gasteiger partial charge in [-0.2, -0.15) is 5.26 Å². The number of benzene rings is 1. The van der Waals surface area contributed by atoms with Crippen molar-refractivity contribution < 1.29 is 14.1 Å². The number of nitrogens with one attached hydrogen (secondary N) is 1. The molecule has 0 aliphatic heterocycles. The molecule has 0 bridgehead atoms. The molecule has 1 heterocycles. The normalized spacial score (nSPS) is 10.0. The molecule has 0 fully saturated rings. The van der Waals surface area contributed by atoms with Crippen LogP contribution in [-0.2, 0) is 11.3 Å². The number of nitriles is 1. The van der Waals surface area contributed by atoms with Crippen molar-refractivity contribution in [1.29, 1.82) is 5.26 Å². The number of carbonyl (C=O) groups excluding carboxylic acids is 1. The number of ether oxygens (including phenoxy) is 1. The minimum atomic E-state index is -0.475. The summed E-state index contributed by atoms with van der Waals surface area (Å²) in [5.41, 5.74) is 6.77. The number of carbonyl (C=O) groups is 1. The number of aromatic nitrogens is 1. The van der Waals surface area contributed by atoms with Crippen molar-refractivity contribution in [1.82, 2.24) is 5.16 Å². The molecule has 1 amide bonds. The fourth-order valence-corrected chi connectivity index (χ4v) is 1.58. The van der Waals surface area contributed by atoms with Crippen molar-refractivity contribution in [3.63, 3.8) is 0 Å². The number of nitrogens with two attached hydrogens (primary N) is 1. The maximum Gasteiger partial charge on any atom is 0.277 e. The monoisotopic (exact) mass is 272 g/mol. The van der Waals surface area contributed by atoms with Crippen molar-refractivity contribution in [2.24, 2.45) is 0 Å². The van der Waals surface area contributed by atoms with Crippen LogP contribution in [0.25, 0.3) is 0 Å². The number of amides is 1. The van der Waals surface area contributed by atoms with Gasteiger partial charge in [0.15, 0.2) is 11.5 Å². The van der Waals surface area contributed by atoms with Crippen LogP contribution < -0.4 is 11.1 Å². The van der Waals surface area contributed by atoms with Crippen LogP contribution in [0.4, 0.5) is 11.4 Å². The molecular weight excluding hydrogens is 260 g/mol. The molecule has 0 atom stereocenters. The van der Waals surface area contributed by atoms with E-state index < -0.39 is 5.91 Å². The number of hydrogen-bond acceptors (Lipinski definition) is 6. The number of nitrogen functional groups attached to an aromatic ring is 1. The molecule has 0 saturated heterocycles. The second kappa shape index (κ2) is 5.86. The zero-order valence-corrected chi connectivity index (χ0v) is 10.7. The molecule has 0 aliphatic carbocycles. The smallest absolute Gasteiger partial charge is 0.277 e. The molecule has 0 unspecified atom stereocenters. The Bertz CT molecular complexity index is 672. The Morgan fingerprint density at radius 3 is 3.05 bits per heavy atom. The third-order valence-electron chi connectivity index (χ3n) is 2.49. The van der Waals surface area contributed by atoms with E-state index in [1.807, 2.05) is 6.07 Å². The van der Waals surface area contributed by atoms with Crippen LogP contribution in [-0.4, -0.2) is 18.2 Å². The molecule has 2 rings (SSSR count). The molecule has 1 aromatic heterocycles. The Balaban J connectivity index is 2.17. The third kappa shape index (κ3) is 2.93. The maximum absolute atomic E-state index is 12.0. The Kier molecular flexibility index (Phi) is 3.98. The maximum atomic E-state index is 12.0. The van der Waals surface area contributed by atoms with E-state index in [1.54, 1.807) is 12.1 Å². The Hall–Kier alpha value is -2.85. The number of methoxy groups -OCH3 is 1. The zero-order chi connectivity index (χ0) is 14.5. The first-order valence-corrected chi connectivity index (χ1v) is 5.69. The highest BCUT2D eigenvalue weighted by Gasteiger charge is 2.14. The van der Waals surface area contributed by atoms with Gasteiger partial charge in [-0.25, -0.2) is 0 Å². The van der Waals surface area contributed by atoms with Gasteiger partial charge >= 0.3 is 0 Å². The van der Waals surface area contributed by atoms with Gasteiger partial charge in [-0.1, -0.05) is 5.16 Å². The number of anilines is 2. The standard InChI is InChI=1S/C13H12N4O3/c1-19-7-10-5-12(17-20-10)13(18)16-11-3-2-9(15)4-8(11)6-14/h2-5H,7,15H2,1H3,(H,16,18). The molecule has 0 aliphatic rings. The molecule has 3 N–H and O–H groups in total. The Morgan fingerprint density at radius 1 is 1.55 bits per heavy atom. The summed E-state index contributed by atoms with van der Waals surface area (Å²) in [5, 5.41) is 15.2. The summed E-state index contributed by atoms with van der Waals surface area (Å²) in [7, 11) is 1.51. The van der Waals surface area contributed by atoms with E-state index in [0.29, 0.717) is 17.1 Å². The van der Waals surface area contributed by atoms with E-state index in [9.17, 15) is 4.79 Å². The molecule has 0 saturated carbocycles. The van der Waals surface area contributed by atoms with Crippen molar-refractivity contribution >= 4 is 17.3 Å². The van der Waals surface area contributed by atoms with E-state index >= 15 is 0 Å². The van der Waals surface area contributed by atoms with Crippen LogP contribution in [0, 0.1) is 11.3 Å². The minimum Gasteiger partial charge on any atom is -0.399 e. The predicted octanol–water partition coefficient (Wildman–Crippen LogP) is 1.53. The topological polar surface area (TPSA) is 114 Å². The lowest BCUT2D eigenvalue weighted by molar-refractivity contribution is 0.101. The average molecular weight is 272 g/mol. The van der Waals surface area contributed by atoms with Gasteiger partial charge in [-0.3, -0.25) is 4.79 Å². The summed E-state index contributed by atoms with van der Waals surface area (Å²) in [6, 6.07) is 8.07. The number of rotatable bonds is 4. The summed E-state index contributed by atoms with van der Waals surface area (Å²) >= 11 is 0. The first-order chi connectivity index (χ1) is 9.63. The summed E-state index contributed by atoms with van der Waals surface area (Å²) in [6.45, 7) is 0.228. The third-order valence-corrected chi connectivity index (χ3v) is 2.49. The largest absolute Gasteiger partial charge is 0.399 e. The van der Waals surface area contributed by atoms with E-state index in [2.05, 4.69) is 10.5 Å². The highest BCUT2D eigenvalue weighted by molar-refractivity contribution is 6.03. The van der Waals surface area contributed by atoms with Crippen LogP contribution in [0.2, 0.25) is 0 Å². The van der Waals surface area contributed by atoms with Crippen LogP contribution in [0.15, 0.2) is 28.8 Å². The predicted molar refractivity (Wildman–Crippen MR) is 70.7 cm³/mol. The molecule has 0 radical (unpaired) electrons. The van der Waals surface area contributed by atoms with Crippen LogP contribution in [0.5, 0.6) is 0 Å². The lowest BCUT2D eigenvalue weighted by Crippen LogP contribution is -2.13. The average Bonchev–Trinajstić information content (AvgIpc) is 2.90. The van der Waals surface area contributed by atoms with Crippen LogP contribution in [0.3, 0.4) is 0 Å². The van der Waals surface area contributed by atoms with Gasteiger partial charge in [0.1, 0.15) is 12.7 Å². The lowest BCUT2D eigenvalue weighted by atomic mass is 10.1. The Morgan fingerprint density at radius 2 is 2.35 bits per heavy atom. The second-order valence-electron chi connectivity index (χ2n) is 3.98. The molecule has 0 spiro atoms. The van der Waals surface area contributed by atoms with Gasteiger partial charge in [-0.15, -0.1) is 0 Å². The molecule has 1 aromatic carbocycles. The molecular formula is C13H12N4O3. The van der Waals surface area contributed by atoms with Gasteiger partial charge < -0.3 is 20.3 Å². The quantitative estimate of drug-likeness (QED) is 0.815. The first-order valence-electron chi connectivity index (χ1n) is 5.69. The minimum absolute atomic E-state index is 0.109.